The summed E-state index contributed by atoms with van der Waals surface area (Å²) in [4.78, 5) is 1.12. The SMILES string of the molecule is CC(C)(C)/C(S)=C/C=C/C(Cc1ccccc1)C(C)(C)C. The molecule has 1 rings (SSSR count). The Morgan fingerprint density at radius 2 is 1.62 bits per heavy atom. The summed E-state index contributed by atoms with van der Waals surface area (Å²) < 4.78 is 0. The average molecular weight is 303 g/mol. The standard InChI is InChI=1S/C20H30S/c1-19(2,3)17(15-16-11-8-7-9-12-16)13-10-14-18(21)20(4,5)6/h7-14,17,21H,15H2,1-6H3/b13-10+,18-14-. The number of hydrogen-bond acceptors (Lipinski definition) is 1. The van der Waals surface area contributed by atoms with E-state index in [0.29, 0.717) is 5.92 Å². The number of hydrogen-bond donors (Lipinski definition) is 1. The lowest BCUT2D eigenvalue weighted by molar-refractivity contribution is 0.291. The van der Waals surface area contributed by atoms with E-state index in [1.807, 2.05) is 0 Å². The monoisotopic (exact) mass is 302 g/mol. The van der Waals surface area contributed by atoms with Gasteiger partial charge in [0.2, 0.25) is 0 Å². The van der Waals surface area contributed by atoms with Gasteiger partial charge in [0.05, 0.1) is 0 Å². The summed E-state index contributed by atoms with van der Waals surface area (Å²) in [6.45, 7) is 13.5. The molecule has 0 N–H and O–H groups in total. The van der Waals surface area contributed by atoms with Gasteiger partial charge in [-0.25, -0.2) is 0 Å². The van der Waals surface area contributed by atoms with Crippen LogP contribution in [0.1, 0.15) is 47.1 Å². The second kappa shape index (κ2) is 7.35. The Morgan fingerprint density at radius 1 is 1.05 bits per heavy atom. The first-order valence-corrected chi connectivity index (χ1v) is 8.17. The highest BCUT2D eigenvalue weighted by Crippen LogP contribution is 2.31. The van der Waals surface area contributed by atoms with Gasteiger partial charge in [0.15, 0.2) is 0 Å². The number of thiol groups is 1. The first kappa shape index (κ1) is 18.1. The summed E-state index contributed by atoms with van der Waals surface area (Å²) in [7, 11) is 0. The third-order valence-electron chi connectivity index (χ3n) is 3.78. The van der Waals surface area contributed by atoms with Crippen LogP contribution in [0.15, 0.2) is 53.5 Å². The molecule has 0 saturated carbocycles. The second-order valence-electron chi connectivity index (χ2n) is 7.85. The molecule has 0 saturated heterocycles. The molecular weight excluding hydrogens is 272 g/mol. The summed E-state index contributed by atoms with van der Waals surface area (Å²) >= 11 is 4.59. The van der Waals surface area contributed by atoms with E-state index >= 15 is 0 Å². The zero-order valence-corrected chi connectivity index (χ0v) is 15.2. The molecule has 1 aromatic rings. The van der Waals surface area contributed by atoms with E-state index in [-0.39, 0.29) is 10.8 Å². The van der Waals surface area contributed by atoms with E-state index in [2.05, 4.69) is 103 Å². The molecule has 0 aliphatic carbocycles. The average Bonchev–Trinajstić information content (AvgIpc) is 2.36. The van der Waals surface area contributed by atoms with E-state index < -0.39 is 0 Å². The van der Waals surface area contributed by atoms with Gasteiger partial charge in [-0.05, 0) is 33.6 Å². The maximum Gasteiger partial charge on any atom is -0.00746 e. The number of benzene rings is 1. The molecule has 1 unspecified atom stereocenters. The molecule has 0 radical (unpaired) electrons. The van der Waals surface area contributed by atoms with Crippen LogP contribution in [-0.2, 0) is 6.42 Å². The fraction of sp³-hybridized carbons (Fsp3) is 0.500. The van der Waals surface area contributed by atoms with Gasteiger partial charge < -0.3 is 0 Å². The molecule has 1 atom stereocenters. The molecule has 0 fully saturated rings. The third-order valence-corrected chi connectivity index (χ3v) is 4.60. The topological polar surface area (TPSA) is 0 Å². The Morgan fingerprint density at radius 3 is 2.10 bits per heavy atom. The molecule has 0 aliphatic heterocycles. The minimum atomic E-state index is 0.115. The Labute approximate surface area is 136 Å². The maximum atomic E-state index is 4.59. The van der Waals surface area contributed by atoms with E-state index in [1.165, 1.54) is 5.56 Å². The highest BCUT2D eigenvalue weighted by atomic mass is 32.1. The molecule has 0 spiro atoms. The molecule has 0 amide bonds. The van der Waals surface area contributed by atoms with Gasteiger partial charge >= 0.3 is 0 Å². The van der Waals surface area contributed by atoms with Gasteiger partial charge in [-0.1, -0.05) is 90.1 Å². The number of rotatable bonds is 4. The van der Waals surface area contributed by atoms with Crippen molar-refractivity contribution in [3.63, 3.8) is 0 Å². The smallest absolute Gasteiger partial charge is 0.00746 e. The van der Waals surface area contributed by atoms with E-state index in [9.17, 15) is 0 Å². The first-order chi connectivity index (χ1) is 9.60. The zero-order valence-electron chi connectivity index (χ0n) is 14.4. The van der Waals surface area contributed by atoms with Crippen LogP contribution in [0.2, 0.25) is 0 Å². The van der Waals surface area contributed by atoms with Crippen molar-refractivity contribution in [2.24, 2.45) is 16.7 Å². The lowest BCUT2D eigenvalue weighted by Gasteiger charge is -2.28. The molecule has 1 aromatic carbocycles. The van der Waals surface area contributed by atoms with Crippen LogP contribution >= 0.6 is 12.6 Å². The van der Waals surface area contributed by atoms with Crippen molar-refractivity contribution in [2.75, 3.05) is 0 Å². The lowest BCUT2D eigenvalue weighted by atomic mass is 9.77. The lowest BCUT2D eigenvalue weighted by Crippen LogP contribution is -2.20. The van der Waals surface area contributed by atoms with Crippen LogP contribution in [-0.4, -0.2) is 0 Å². The predicted molar refractivity (Wildman–Crippen MR) is 98.8 cm³/mol. The van der Waals surface area contributed by atoms with E-state index in [4.69, 9.17) is 0 Å². The Kier molecular flexibility index (Phi) is 6.34. The second-order valence-corrected chi connectivity index (χ2v) is 8.33. The van der Waals surface area contributed by atoms with Crippen molar-refractivity contribution in [3.8, 4) is 0 Å². The summed E-state index contributed by atoms with van der Waals surface area (Å²) in [5.74, 6) is 0.511. The molecule has 0 nitrogen and oxygen atoms in total. The largest absolute Gasteiger partial charge is 0.147 e. The summed E-state index contributed by atoms with van der Waals surface area (Å²) in [5, 5.41) is 0. The zero-order chi connectivity index (χ0) is 16.1. The quantitative estimate of drug-likeness (QED) is 0.489. The van der Waals surface area contributed by atoms with Crippen LogP contribution in [0.25, 0.3) is 0 Å². The van der Waals surface area contributed by atoms with Gasteiger partial charge in [-0.15, -0.1) is 12.6 Å². The summed E-state index contributed by atoms with van der Waals surface area (Å²) in [6, 6.07) is 10.7. The molecule has 0 bridgehead atoms. The van der Waals surface area contributed by atoms with Crippen LogP contribution in [0.5, 0.6) is 0 Å². The van der Waals surface area contributed by atoms with Crippen molar-refractivity contribution in [1.82, 2.24) is 0 Å². The molecule has 0 heterocycles. The fourth-order valence-electron chi connectivity index (χ4n) is 2.06. The first-order valence-electron chi connectivity index (χ1n) is 7.72. The minimum absolute atomic E-state index is 0.115. The van der Waals surface area contributed by atoms with Crippen molar-refractivity contribution >= 4 is 12.6 Å². The van der Waals surface area contributed by atoms with E-state index in [0.717, 1.165) is 11.3 Å². The molecule has 1 heteroatoms. The van der Waals surface area contributed by atoms with Crippen LogP contribution in [0.3, 0.4) is 0 Å². The van der Waals surface area contributed by atoms with Crippen LogP contribution in [0, 0.1) is 16.7 Å². The molecule has 116 valence electrons. The van der Waals surface area contributed by atoms with Crippen molar-refractivity contribution in [3.05, 3.63) is 59.0 Å². The van der Waals surface area contributed by atoms with Gasteiger partial charge in [0.1, 0.15) is 0 Å². The Bertz CT molecular complexity index is 481. The van der Waals surface area contributed by atoms with Crippen molar-refractivity contribution in [2.45, 2.75) is 48.0 Å². The highest BCUT2D eigenvalue weighted by molar-refractivity contribution is 7.84. The molecule has 0 aliphatic rings. The van der Waals surface area contributed by atoms with Gasteiger partial charge in [-0.2, -0.15) is 0 Å². The Balaban J connectivity index is 2.86. The van der Waals surface area contributed by atoms with Crippen molar-refractivity contribution < 1.29 is 0 Å². The van der Waals surface area contributed by atoms with Gasteiger partial charge in [-0.3, -0.25) is 0 Å². The maximum absolute atomic E-state index is 4.59. The highest BCUT2D eigenvalue weighted by Gasteiger charge is 2.22. The minimum Gasteiger partial charge on any atom is -0.147 e. The van der Waals surface area contributed by atoms with Crippen LogP contribution in [0.4, 0.5) is 0 Å². The summed E-state index contributed by atoms with van der Waals surface area (Å²) in [5.41, 5.74) is 1.76. The van der Waals surface area contributed by atoms with Gasteiger partial charge in [0, 0.05) is 0 Å². The normalized spacial score (nSPS) is 15.5. The molecular formula is C20H30S. The van der Waals surface area contributed by atoms with Crippen LogP contribution < -0.4 is 0 Å². The van der Waals surface area contributed by atoms with Gasteiger partial charge in [0.25, 0.3) is 0 Å². The van der Waals surface area contributed by atoms with Crippen molar-refractivity contribution in [1.29, 1.82) is 0 Å². The summed E-state index contributed by atoms with van der Waals surface area (Å²) in [6.07, 6.45) is 7.71. The van der Waals surface area contributed by atoms with E-state index in [1.54, 1.807) is 0 Å². The predicted octanol–water partition coefficient (Wildman–Crippen LogP) is 6.31. The Hall–Kier alpha value is -0.950. The molecule has 21 heavy (non-hydrogen) atoms. The number of allylic oxidation sites excluding steroid dienone is 4. The fourth-order valence-corrected chi connectivity index (χ4v) is 2.15. The third kappa shape index (κ3) is 6.56. The molecule has 0 aromatic heterocycles.